The lowest BCUT2D eigenvalue weighted by atomic mass is 10.2. The molecular formula is C11H9F2IN2. The molecule has 0 bridgehead atoms. The van der Waals surface area contributed by atoms with E-state index in [0.29, 0.717) is 12.1 Å². The van der Waals surface area contributed by atoms with Gasteiger partial charge in [-0.25, -0.2) is 8.78 Å². The van der Waals surface area contributed by atoms with E-state index in [1.165, 1.54) is 6.07 Å². The average Bonchev–Trinajstić information content (AvgIpc) is 2.52. The van der Waals surface area contributed by atoms with Crippen LogP contribution in [0.1, 0.15) is 11.1 Å². The van der Waals surface area contributed by atoms with Crippen molar-refractivity contribution >= 4 is 22.6 Å². The zero-order chi connectivity index (χ0) is 11.7. The van der Waals surface area contributed by atoms with Gasteiger partial charge in [0.25, 0.3) is 0 Å². The van der Waals surface area contributed by atoms with Gasteiger partial charge in [0.1, 0.15) is 3.70 Å². The highest BCUT2D eigenvalue weighted by atomic mass is 127. The average molecular weight is 334 g/mol. The molecule has 1 aromatic carbocycles. The molecule has 0 aliphatic heterocycles. The van der Waals surface area contributed by atoms with Crippen molar-refractivity contribution in [2.24, 2.45) is 0 Å². The summed E-state index contributed by atoms with van der Waals surface area (Å²) in [5, 5.41) is 4.24. The van der Waals surface area contributed by atoms with Crippen LogP contribution in [0.25, 0.3) is 0 Å². The monoisotopic (exact) mass is 334 g/mol. The third-order valence-corrected chi connectivity index (χ3v) is 3.28. The van der Waals surface area contributed by atoms with Crippen molar-refractivity contribution in [3.63, 3.8) is 0 Å². The van der Waals surface area contributed by atoms with Gasteiger partial charge in [0.05, 0.1) is 6.54 Å². The maximum Gasteiger partial charge on any atom is 0.159 e. The number of hydrogen-bond acceptors (Lipinski definition) is 1. The molecule has 0 fully saturated rings. The minimum absolute atomic E-state index is 0.445. The van der Waals surface area contributed by atoms with Crippen LogP contribution in [-0.2, 0) is 6.54 Å². The Bertz CT molecular complexity index is 503. The Labute approximate surface area is 105 Å². The fourth-order valence-electron chi connectivity index (χ4n) is 1.40. The van der Waals surface area contributed by atoms with Gasteiger partial charge >= 0.3 is 0 Å². The fraction of sp³-hybridized carbons (Fsp3) is 0.182. The van der Waals surface area contributed by atoms with Gasteiger partial charge in [-0.15, -0.1) is 0 Å². The van der Waals surface area contributed by atoms with Crippen molar-refractivity contribution in [1.29, 1.82) is 0 Å². The number of aryl methyl sites for hydroxylation is 1. The second-order valence-electron chi connectivity index (χ2n) is 3.55. The minimum Gasteiger partial charge on any atom is -0.267 e. The summed E-state index contributed by atoms with van der Waals surface area (Å²) in [6, 6.07) is 3.88. The van der Waals surface area contributed by atoms with Gasteiger partial charge in [-0.1, -0.05) is 6.07 Å². The first-order valence-corrected chi connectivity index (χ1v) is 5.77. The molecule has 0 saturated heterocycles. The van der Waals surface area contributed by atoms with Crippen molar-refractivity contribution in [1.82, 2.24) is 9.78 Å². The van der Waals surface area contributed by atoms with Gasteiger partial charge in [-0.05, 0) is 47.2 Å². The van der Waals surface area contributed by atoms with Gasteiger partial charge in [0.2, 0.25) is 0 Å². The fourth-order valence-corrected chi connectivity index (χ4v) is 1.82. The number of halogens is 3. The zero-order valence-corrected chi connectivity index (χ0v) is 10.7. The highest BCUT2D eigenvalue weighted by Crippen LogP contribution is 2.12. The van der Waals surface area contributed by atoms with Crippen LogP contribution < -0.4 is 0 Å². The molecule has 0 N–H and O–H groups in total. The van der Waals surface area contributed by atoms with Crippen LogP contribution in [-0.4, -0.2) is 9.78 Å². The molecule has 0 radical (unpaired) electrons. The summed E-state index contributed by atoms with van der Waals surface area (Å²) >= 11 is 2.13. The number of hydrogen-bond donors (Lipinski definition) is 0. The van der Waals surface area contributed by atoms with E-state index in [1.807, 2.05) is 13.1 Å². The van der Waals surface area contributed by atoms with Crippen molar-refractivity contribution in [3.05, 3.63) is 50.9 Å². The predicted molar refractivity (Wildman–Crippen MR) is 65.1 cm³/mol. The molecule has 0 aliphatic rings. The molecule has 0 unspecified atom stereocenters. The van der Waals surface area contributed by atoms with E-state index in [2.05, 4.69) is 27.7 Å². The third kappa shape index (κ3) is 2.40. The van der Waals surface area contributed by atoms with Crippen molar-refractivity contribution < 1.29 is 8.78 Å². The smallest absolute Gasteiger partial charge is 0.159 e. The van der Waals surface area contributed by atoms with Crippen LogP contribution in [0.15, 0.2) is 24.4 Å². The van der Waals surface area contributed by atoms with E-state index in [-0.39, 0.29) is 0 Å². The van der Waals surface area contributed by atoms with Crippen LogP contribution >= 0.6 is 22.6 Å². The number of benzene rings is 1. The van der Waals surface area contributed by atoms with Crippen molar-refractivity contribution in [2.45, 2.75) is 13.5 Å². The first-order valence-electron chi connectivity index (χ1n) is 4.70. The van der Waals surface area contributed by atoms with Gasteiger partial charge in [0.15, 0.2) is 11.6 Å². The standard InChI is InChI=1S/C11H9F2IN2/c1-7-5-16(15-11(7)14)6-8-2-3-9(12)10(13)4-8/h2-5H,6H2,1H3. The van der Waals surface area contributed by atoms with Crippen LogP contribution in [0.5, 0.6) is 0 Å². The summed E-state index contributed by atoms with van der Waals surface area (Å²) in [6.45, 7) is 2.40. The lowest BCUT2D eigenvalue weighted by Gasteiger charge is -2.02. The number of rotatable bonds is 2. The lowest BCUT2D eigenvalue weighted by molar-refractivity contribution is 0.505. The third-order valence-electron chi connectivity index (χ3n) is 2.21. The number of nitrogens with zero attached hydrogens (tertiary/aromatic N) is 2. The maximum atomic E-state index is 13.0. The summed E-state index contributed by atoms with van der Waals surface area (Å²) in [7, 11) is 0. The van der Waals surface area contributed by atoms with Gasteiger partial charge in [-0.3, -0.25) is 4.68 Å². The first-order chi connectivity index (χ1) is 7.56. The Hall–Kier alpha value is -0.980. The first kappa shape index (κ1) is 11.5. The predicted octanol–water partition coefficient (Wildman–Crippen LogP) is 3.12. The molecule has 0 amide bonds. The van der Waals surface area contributed by atoms with Crippen LogP contribution in [0.3, 0.4) is 0 Å². The Morgan fingerprint density at radius 2 is 2.06 bits per heavy atom. The minimum atomic E-state index is -0.824. The van der Waals surface area contributed by atoms with E-state index < -0.39 is 11.6 Å². The second-order valence-corrected chi connectivity index (χ2v) is 4.57. The lowest BCUT2D eigenvalue weighted by Crippen LogP contribution is -2.01. The molecule has 2 nitrogen and oxygen atoms in total. The van der Waals surface area contributed by atoms with Crippen molar-refractivity contribution in [3.8, 4) is 0 Å². The topological polar surface area (TPSA) is 17.8 Å². The highest BCUT2D eigenvalue weighted by Gasteiger charge is 2.05. The van der Waals surface area contributed by atoms with E-state index >= 15 is 0 Å². The van der Waals surface area contributed by atoms with E-state index in [1.54, 1.807) is 10.7 Å². The molecule has 1 heterocycles. The summed E-state index contributed by atoms with van der Waals surface area (Å²) in [5.74, 6) is -1.65. The molecule has 2 aromatic rings. The molecule has 84 valence electrons. The molecular weight excluding hydrogens is 325 g/mol. The molecule has 0 aliphatic carbocycles. The summed E-state index contributed by atoms with van der Waals surface area (Å²) in [5.41, 5.74) is 1.76. The van der Waals surface area contributed by atoms with E-state index in [9.17, 15) is 8.78 Å². The van der Waals surface area contributed by atoms with Gasteiger partial charge < -0.3 is 0 Å². The normalized spacial score (nSPS) is 10.8. The summed E-state index contributed by atoms with van der Waals surface area (Å²) in [4.78, 5) is 0. The molecule has 0 spiro atoms. The Kier molecular flexibility index (Phi) is 3.22. The molecule has 1 aromatic heterocycles. The van der Waals surface area contributed by atoms with Gasteiger partial charge in [-0.2, -0.15) is 5.10 Å². The number of aromatic nitrogens is 2. The maximum absolute atomic E-state index is 13.0. The Morgan fingerprint density at radius 3 is 2.62 bits per heavy atom. The SMILES string of the molecule is Cc1cn(Cc2ccc(F)c(F)c2)nc1I. The molecule has 16 heavy (non-hydrogen) atoms. The largest absolute Gasteiger partial charge is 0.267 e. The molecule has 5 heteroatoms. The van der Waals surface area contributed by atoms with Crippen LogP contribution in [0.4, 0.5) is 8.78 Å². The Morgan fingerprint density at radius 1 is 1.31 bits per heavy atom. The summed E-state index contributed by atoms with van der Waals surface area (Å²) in [6.07, 6.45) is 1.88. The highest BCUT2D eigenvalue weighted by molar-refractivity contribution is 14.1. The van der Waals surface area contributed by atoms with Crippen molar-refractivity contribution in [2.75, 3.05) is 0 Å². The van der Waals surface area contributed by atoms with Gasteiger partial charge in [0, 0.05) is 11.8 Å². The van der Waals surface area contributed by atoms with E-state index in [0.717, 1.165) is 15.3 Å². The van der Waals surface area contributed by atoms with Crippen LogP contribution in [0.2, 0.25) is 0 Å². The van der Waals surface area contributed by atoms with E-state index in [4.69, 9.17) is 0 Å². The summed E-state index contributed by atoms with van der Waals surface area (Å²) < 4.78 is 28.3. The quantitative estimate of drug-likeness (QED) is 0.772. The second kappa shape index (κ2) is 4.48. The molecule has 0 saturated carbocycles. The Balaban J connectivity index is 2.23. The molecule has 2 rings (SSSR count). The van der Waals surface area contributed by atoms with Crippen LogP contribution in [0, 0.1) is 22.3 Å². The molecule has 0 atom stereocenters. The zero-order valence-electron chi connectivity index (χ0n) is 8.54.